The van der Waals surface area contributed by atoms with Crippen molar-refractivity contribution in [1.29, 1.82) is 0 Å². The first-order valence-electron chi connectivity index (χ1n) is 5.50. The fourth-order valence-electron chi connectivity index (χ4n) is 2.01. The van der Waals surface area contributed by atoms with E-state index in [1.807, 2.05) is 6.08 Å². The zero-order valence-electron chi connectivity index (χ0n) is 9.42. The first kappa shape index (κ1) is 11.1. The molecule has 0 N–H and O–H groups in total. The minimum Gasteiger partial charge on any atom is -0.371 e. The topological polar surface area (TPSA) is 3.24 Å². The first-order valence-corrected chi connectivity index (χ1v) is 5.50. The summed E-state index contributed by atoms with van der Waals surface area (Å²) >= 11 is 0. The summed E-state index contributed by atoms with van der Waals surface area (Å²) in [5.74, 6) is 0. The molecule has 1 aliphatic heterocycles. The molecule has 0 aromatic rings. The van der Waals surface area contributed by atoms with Crippen LogP contribution in [-0.4, -0.2) is 18.0 Å². The van der Waals surface area contributed by atoms with Gasteiger partial charge in [0.05, 0.1) is 0 Å². The van der Waals surface area contributed by atoms with Gasteiger partial charge in [-0.05, 0) is 44.8 Å². The van der Waals surface area contributed by atoms with Crippen LogP contribution < -0.4 is 0 Å². The van der Waals surface area contributed by atoms with E-state index in [2.05, 4.69) is 37.5 Å². The third kappa shape index (κ3) is 2.76. The van der Waals surface area contributed by atoms with Gasteiger partial charge in [0.15, 0.2) is 0 Å². The summed E-state index contributed by atoms with van der Waals surface area (Å²) in [7, 11) is 0. The molecule has 0 spiro atoms. The minimum atomic E-state index is 1.19. The van der Waals surface area contributed by atoms with Crippen LogP contribution in [0.2, 0.25) is 0 Å². The molecule has 1 heterocycles. The van der Waals surface area contributed by atoms with Crippen LogP contribution in [0.25, 0.3) is 0 Å². The second-order valence-electron chi connectivity index (χ2n) is 3.82. The average molecular weight is 191 g/mol. The van der Waals surface area contributed by atoms with Crippen LogP contribution in [0.15, 0.2) is 36.1 Å². The molecule has 0 aromatic heterocycles. The highest BCUT2D eigenvalue weighted by molar-refractivity contribution is 5.29. The summed E-state index contributed by atoms with van der Waals surface area (Å²) in [6, 6.07) is 0. The molecule has 1 heteroatoms. The number of nitrogens with zero attached hydrogens (tertiary/aromatic N) is 1. The zero-order valence-corrected chi connectivity index (χ0v) is 9.42. The summed E-state index contributed by atoms with van der Waals surface area (Å²) < 4.78 is 0. The largest absolute Gasteiger partial charge is 0.371 e. The van der Waals surface area contributed by atoms with Gasteiger partial charge in [-0.2, -0.15) is 0 Å². The Morgan fingerprint density at radius 1 is 1.21 bits per heavy atom. The van der Waals surface area contributed by atoms with Crippen molar-refractivity contribution in [1.82, 2.24) is 4.90 Å². The molecule has 1 fully saturated rings. The van der Waals surface area contributed by atoms with Gasteiger partial charge in [0, 0.05) is 18.8 Å². The molecular weight excluding hydrogens is 170 g/mol. The highest BCUT2D eigenvalue weighted by Gasteiger charge is 2.11. The van der Waals surface area contributed by atoms with Crippen molar-refractivity contribution in [2.24, 2.45) is 0 Å². The van der Waals surface area contributed by atoms with E-state index < -0.39 is 0 Å². The Labute approximate surface area is 87.8 Å². The molecule has 0 saturated carbocycles. The monoisotopic (exact) mass is 191 g/mol. The molecule has 78 valence electrons. The molecular formula is C13H21N. The van der Waals surface area contributed by atoms with Crippen molar-refractivity contribution in [3.8, 4) is 0 Å². The summed E-state index contributed by atoms with van der Waals surface area (Å²) in [6.45, 7) is 10.5. The second-order valence-corrected chi connectivity index (χ2v) is 3.82. The lowest BCUT2D eigenvalue weighted by atomic mass is 10.1. The molecule has 0 atom stereocenters. The van der Waals surface area contributed by atoms with E-state index >= 15 is 0 Å². The molecule has 0 bridgehead atoms. The molecule has 0 aliphatic carbocycles. The average Bonchev–Trinajstić information content (AvgIpc) is 2.21. The number of likely N-dealkylation sites (tertiary alicyclic amines) is 1. The van der Waals surface area contributed by atoms with Gasteiger partial charge in [-0.25, -0.2) is 0 Å². The second kappa shape index (κ2) is 5.69. The lowest BCUT2D eigenvalue weighted by molar-refractivity contribution is 0.291. The summed E-state index contributed by atoms with van der Waals surface area (Å²) in [4.78, 5) is 2.45. The molecule has 0 amide bonds. The van der Waals surface area contributed by atoms with Gasteiger partial charge in [0.2, 0.25) is 0 Å². The van der Waals surface area contributed by atoms with E-state index in [9.17, 15) is 0 Å². The van der Waals surface area contributed by atoms with Crippen LogP contribution in [0.4, 0.5) is 0 Å². The van der Waals surface area contributed by atoms with Gasteiger partial charge >= 0.3 is 0 Å². The summed E-state index contributed by atoms with van der Waals surface area (Å²) in [6.07, 6.45) is 10.2. The Morgan fingerprint density at radius 3 is 2.36 bits per heavy atom. The van der Waals surface area contributed by atoms with Crippen molar-refractivity contribution < 1.29 is 0 Å². The van der Waals surface area contributed by atoms with E-state index in [-0.39, 0.29) is 0 Å². The van der Waals surface area contributed by atoms with E-state index in [1.165, 1.54) is 43.6 Å². The molecule has 1 rings (SSSR count). The minimum absolute atomic E-state index is 1.19. The maximum Gasteiger partial charge on any atom is 0.0389 e. The van der Waals surface area contributed by atoms with Crippen molar-refractivity contribution in [3.63, 3.8) is 0 Å². The van der Waals surface area contributed by atoms with Gasteiger partial charge in [-0.15, -0.1) is 0 Å². The fourth-order valence-corrected chi connectivity index (χ4v) is 2.01. The smallest absolute Gasteiger partial charge is 0.0389 e. The third-order valence-electron chi connectivity index (χ3n) is 2.71. The predicted octanol–water partition coefficient (Wildman–Crippen LogP) is 3.51. The quantitative estimate of drug-likeness (QED) is 0.617. The summed E-state index contributed by atoms with van der Waals surface area (Å²) in [5.41, 5.74) is 2.63. The molecule has 0 radical (unpaired) electrons. The third-order valence-corrected chi connectivity index (χ3v) is 2.71. The molecule has 1 saturated heterocycles. The Balaban J connectivity index is 2.78. The number of hydrogen-bond acceptors (Lipinski definition) is 1. The van der Waals surface area contributed by atoms with Gasteiger partial charge in [0.25, 0.3) is 0 Å². The Kier molecular flexibility index (Phi) is 4.51. The van der Waals surface area contributed by atoms with Crippen LogP contribution in [0.3, 0.4) is 0 Å². The Hall–Kier alpha value is -0.980. The van der Waals surface area contributed by atoms with Crippen LogP contribution in [-0.2, 0) is 0 Å². The first-order chi connectivity index (χ1) is 6.79. The maximum atomic E-state index is 3.91. The van der Waals surface area contributed by atoms with Gasteiger partial charge in [0.1, 0.15) is 0 Å². The molecule has 1 nitrogen and oxygen atoms in total. The lowest BCUT2D eigenvalue weighted by Gasteiger charge is -2.30. The SMILES string of the molecule is C=C/C(=C(C)\C=C/C)N1CCCCC1. The molecule has 1 aliphatic rings. The van der Waals surface area contributed by atoms with Crippen LogP contribution in [0.1, 0.15) is 33.1 Å². The number of hydrogen-bond donors (Lipinski definition) is 0. The van der Waals surface area contributed by atoms with E-state index in [4.69, 9.17) is 0 Å². The van der Waals surface area contributed by atoms with Crippen molar-refractivity contribution >= 4 is 0 Å². The van der Waals surface area contributed by atoms with E-state index in [0.29, 0.717) is 0 Å². The number of piperidine rings is 1. The van der Waals surface area contributed by atoms with Gasteiger partial charge in [-0.3, -0.25) is 0 Å². The van der Waals surface area contributed by atoms with Crippen LogP contribution in [0, 0.1) is 0 Å². The van der Waals surface area contributed by atoms with Crippen LogP contribution >= 0.6 is 0 Å². The highest BCUT2D eigenvalue weighted by Crippen LogP contribution is 2.18. The van der Waals surface area contributed by atoms with Crippen LogP contribution in [0.5, 0.6) is 0 Å². The number of rotatable bonds is 3. The highest BCUT2D eigenvalue weighted by atomic mass is 15.1. The van der Waals surface area contributed by atoms with Gasteiger partial charge < -0.3 is 4.90 Å². The molecule has 0 unspecified atom stereocenters. The standard InChI is InChI=1S/C13H21N/c1-4-9-12(3)13(5-2)14-10-7-6-8-11-14/h4-5,9H,2,6-8,10-11H2,1,3H3/b9-4-,13-12+. The molecule has 14 heavy (non-hydrogen) atoms. The summed E-state index contributed by atoms with van der Waals surface area (Å²) in [5, 5.41) is 0. The predicted molar refractivity (Wildman–Crippen MR) is 63.1 cm³/mol. The van der Waals surface area contributed by atoms with E-state index in [0.717, 1.165) is 0 Å². The number of allylic oxidation sites excluding steroid dienone is 4. The van der Waals surface area contributed by atoms with E-state index in [1.54, 1.807) is 0 Å². The normalized spacial score (nSPS) is 19.7. The zero-order chi connectivity index (χ0) is 10.4. The maximum absolute atomic E-state index is 3.91. The lowest BCUT2D eigenvalue weighted by Crippen LogP contribution is -2.28. The fraction of sp³-hybridized carbons (Fsp3) is 0.538. The van der Waals surface area contributed by atoms with Crippen molar-refractivity contribution in [2.45, 2.75) is 33.1 Å². The Bertz CT molecular complexity index is 242. The van der Waals surface area contributed by atoms with Crippen molar-refractivity contribution in [2.75, 3.05) is 13.1 Å². The molecule has 0 aromatic carbocycles. The van der Waals surface area contributed by atoms with Crippen molar-refractivity contribution in [3.05, 3.63) is 36.1 Å². The van der Waals surface area contributed by atoms with Gasteiger partial charge in [-0.1, -0.05) is 18.7 Å². The Morgan fingerprint density at radius 2 is 1.86 bits per heavy atom.